The van der Waals surface area contributed by atoms with Gasteiger partial charge in [-0.25, -0.2) is 13.8 Å². The van der Waals surface area contributed by atoms with Gasteiger partial charge in [-0.2, -0.15) is 0 Å². The largest absolute Gasteiger partial charge is 0.296 e. The Morgan fingerprint density at radius 1 is 1.50 bits per heavy atom. The molecule has 1 aromatic heterocycles. The molecule has 2 nitrogen and oxygen atoms in total. The lowest BCUT2D eigenvalue weighted by atomic mass is 10.2. The van der Waals surface area contributed by atoms with Crippen molar-refractivity contribution < 1.29 is 13.6 Å². The maximum Gasteiger partial charge on any atom is 0.265 e. The highest BCUT2D eigenvalue weighted by molar-refractivity contribution is 5.71. The van der Waals surface area contributed by atoms with Gasteiger partial charge in [-0.1, -0.05) is 0 Å². The molecule has 0 aliphatic carbocycles. The summed E-state index contributed by atoms with van der Waals surface area (Å²) >= 11 is 0. The molecule has 0 saturated carbocycles. The average molecular weight is 171 g/mol. The third-order valence-electron chi connectivity index (χ3n) is 1.50. The van der Waals surface area contributed by atoms with Crippen molar-refractivity contribution in [1.29, 1.82) is 0 Å². The molecule has 4 heteroatoms. The summed E-state index contributed by atoms with van der Waals surface area (Å²) in [7, 11) is 0. The molecule has 0 aromatic carbocycles. The van der Waals surface area contributed by atoms with E-state index in [1.807, 2.05) is 0 Å². The van der Waals surface area contributed by atoms with E-state index >= 15 is 0 Å². The van der Waals surface area contributed by atoms with E-state index < -0.39 is 6.43 Å². The molecule has 0 spiro atoms. The normalized spacial score (nSPS) is 10.3. The maximum absolute atomic E-state index is 12.1. The second-order valence-corrected chi connectivity index (χ2v) is 2.33. The Bertz CT molecular complexity index is 299. The number of pyridine rings is 1. The van der Waals surface area contributed by atoms with Crippen molar-refractivity contribution in [1.82, 2.24) is 4.98 Å². The zero-order valence-electron chi connectivity index (χ0n) is 6.42. The van der Waals surface area contributed by atoms with Crippen molar-refractivity contribution in [2.45, 2.75) is 13.3 Å². The Morgan fingerprint density at radius 2 is 2.17 bits per heavy atom. The lowest BCUT2D eigenvalue weighted by Gasteiger charge is -2.02. The van der Waals surface area contributed by atoms with Crippen LogP contribution in [0.5, 0.6) is 0 Å². The lowest BCUT2D eigenvalue weighted by Crippen LogP contribution is -1.96. The number of carbonyl (C=O) groups excluding carboxylic acids is 1. The van der Waals surface area contributed by atoms with Crippen LogP contribution >= 0.6 is 0 Å². The predicted molar refractivity (Wildman–Crippen MR) is 39.3 cm³/mol. The van der Waals surface area contributed by atoms with Crippen LogP contribution in [0.1, 0.15) is 28.2 Å². The number of carbonyl (C=O) groups is 1. The van der Waals surface area contributed by atoms with E-state index in [0.717, 1.165) is 0 Å². The first-order valence-corrected chi connectivity index (χ1v) is 3.36. The molecule has 0 atom stereocenters. The van der Waals surface area contributed by atoms with Crippen LogP contribution in [0, 0.1) is 6.92 Å². The van der Waals surface area contributed by atoms with Crippen molar-refractivity contribution in [3.8, 4) is 0 Å². The van der Waals surface area contributed by atoms with E-state index in [1.54, 1.807) is 0 Å². The second-order valence-electron chi connectivity index (χ2n) is 2.33. The molecule has 0 aliphatic heterocycles. The Hall–Kier alpha value is -1.32. The molecule has 0 unspecified atom stereocenters. The SMILES string of the molecule is Cc1nc(C=O)ccc1C(F)F. The molecule has 0 radical (unpaired) electrons. The zero-order valence-corrected chi connectivity index (χ0v) is 6.42. The minimum Gasteiger partial charge on any atom is -0.296 e. The first-order valence-electron chi connectivity index (χ1n) is 3.36. The van der Waals surface area contributed by atoms with E-state index in [1.165, 1.54) is 19.1 Å². The minimum absolute atomic E-state index is 0.124. The second kappa shape index (κ2) is 3.38. The quantitative estimate of drug-likeness (QED) is 0.638. The average Bonchev–Trinajstić information content (AvgIpc) is 2.03. The summed E-state index contributed by atoms with van der Waals surface area (Å²) in [5.74, 6) is 0. The highest BCUT2D eigenvalue weighted by Gasteiger charge is 2.10. The zero-order chi connectivity index (χ0) is 9.14. The molecule has 0 bridgehead atoms. The van der Waals surface area contributed by atoms with Crippen molar-refractivity contribution >= 4 is 6.29 Å². The fourth-order valence-corrected chi connectivity index (χ4v) is 0.888. The number of nitrogens with zero attached hydrogens (tertiary/aromatic N) is 1. The molecule has 0 aliphatic rings. The fourth-order valence-electron chi connectivity index (χ4n) is 0.888. The van der Waals surface area contributed by atoms with Crippen molar-refractivity contribution in [2.75, 3.05) is 0 Å². The van der Waals surface area contributed by atoms with Crippen molar-refractivity contribution in [2.24, 2.45) is 0 Å². The molecule has 0 N–H and O–H groups in total. The summed E-state index contributed by atoms with van der Waals surface area (Å²) in [6.45, 7) is 1.45. The number of hydrogen-bond donors (Lipinski definition) is 0. The van der Waals surface area contributed by atoms with Gasteiger partial charge in [0.15, 0.2) is 6.29 Å². The molecule has 0 fully saturated rings. The summed E-state index contributed by atoms with van der Waals surface area (Å²) in [5, 5.41) is 0. The maximum atomic E-state index is 12.1. The number of aromatic nitrogens is 1. The summed E-state index contributed by atoms with van der Waals surface area (Å²) in [4.78, 5) is 13.9. The monoisotopic (exact) mass is 171 g/mol. The van der Waals surface area contributed by atoms with Gasteiger partial charge < -0.3 is 0 Å². The van der Waals surface area contributed by atoms with E-state index in [0.29, 0.717) is 6.29 Å². The first-order chi connectivity index (χ1) is 5.65. The van der Waals surface area contributed by atoms with Crippen LogP contribution in [0.15, 0.2) is 12.1 Å². The molecular weight excluding hydrogens is 164 g/mol. The van der Waals surface area contributed by atoms with Crippen LogP contribution in [0.3, 0.4) is 0 Å². The van der Waals surface area contributed by atoms with E-state index in [9.17, 15) is 13.6 Å². The number of halogens is 2. The van der Waals surface area contributed by atoms with Crippen molar-refractivity contribution in [3.63, 3.8) is 0 Å². The van der Waals surface area contributed by atoms with E-state index in [-0.39, 0.29) is 17.0 Å². The fraction of sp³-hybridized carbons (Fsp3) is 0.250. The molecular formula is C8H7F2NO. The highest BCUT2D eigenvalue weighted by atomic mass is 19.3. The van der Waals surface area contributed by atoms with Gasteiger partial charge in [-0.3, -0.25) is 4.79 Å². The lowest BCUT2D eigenvalue weighted by molar-refractivity contribution is 0.111. The van der Waals surface area contributed by atoms with Crippen LogP contribution in [-0.2, 0) is 0 Å². The van der Waals surface area contributed by atoms with Crippen LogP contribution in [0.25, 0.3) is 0 Å². The number of aryl methyl sites for hydroxylation is 1. The Morgan fingerprint density at radius 3 is 2.58 bits per heavy atom. The van der Waals surface area contributed by atoms with Gasteiger partial charge in [0.1, 0.15) is 5.69 Å². The van der Waals surface area contributed by atoms with Gasteiger partial charge in [-0.15, -0.1) is 0 Å². The standard InChI is InChI=1S/C8H7F2NO/c1-5-7(8(9)10)3-2-6(4-12)11-5/h2-4,8H,1H3. The summed E-state index contributed by atoms with van der Waals surface area (Å²) < 4.78 is 24.3. The van der Waals surface area contributed by atoms with Crippen molar-refractivity contribution in [3.05, 3.63) is 29.1 Å². The molecule has 1 heterocycles. The summed E-state index contributed by atoms with van der Waals surface area (Å²) in [6, 6.07) is 2.50. The first kappa shape index (κ1) is 8.77. The van der Waals surface area contributed by atoms with Gasteiger partial charge in [0.05, 0.1) is 0 Å². The van der Waals surface area contributed by atoms with Gasteiger partial charge in [0.25, 0.3) is 6.43 Å². The molecule has 0 saturated heterocycles. The highest BCUT2D eigenvalue weighted by Crippen LogP contribution is 2.20. The Balaban J connectivity index is 3.11. The summed E-state index contributed by atoms with van der Waals surface area (Å²) in [5.41, 5.74) is 0.257. The predicted octanol–water partition coefficient (Wildman–Crippen LogP) is 2.14. The van der Waals surface area contributed by atoms with Gasteiger partial charge in [0, 0.05) is 11.3 Å². The Kier molecular flexibility index (Phi) is 2.47. The number of hydrogen-bond acceptors (Lipinski definition) is 2. The third kappa shape index (κ3) is 1.64. The molecule has 0 amide bonds. The molecule has 1 aromatic rings. The van der Waals surface area contributed by atoms with Crippen LogP contribution in [-0.4, -0.2) is 11.3 Å². The molecule has 12 heavy (non-hydrogen) atoms. The van der Waals surface area contributed by atoms with Crippen LogP contribution in [0.2, 0.25) is 0 Å². The smallest absolute Gasteiger partial charge is 0.265 e. The van der Waals surface area contributed by atoms with Crippen LogP contribution < -0.4 is 0 Å². The number of aldehydes is 1. The topological polar surface area (TPSA) is 30.0 Å². The number of alkyl halides is 2. The van der Waals surface area contributed by atoms with Gasteiger partial charge in [-0.05, 0) is 19.1 Å². The van der Waals surface area contributed by atoms with Crippen LogP contribution in [0.4, 0.5) is 8.78 Å². The number of rotatable bonds is 2. The molecule has 1 rings (SSSR count). The van der Waals surface area contributed by atoms with E-state index in [2.05, 4.69) is 4.98 Å². The van der Waals surface area contributed by atoms with E-state index in [4.69, 9.17) is 0 Å². The van der Waals surface area contributed by atoms with Gasteiger partial charge in [0.2, 0.25) is 0 Å². The Labute approximate surface area is 68.2 Å². The summed E-state index contributed by atoms with van der Waals surface area (Å²) in [6.07, 6.45) is -2.00. The third-order valence-corrected chi connectivity index (χ3v) is 1.50. The molecule has 64 valence electrons. The minimum atomic E-state index is -2.53. The van der Waals surface area contributed by atoms with Gasteiger partial charge >= 0.3 is 0 Å².